The standard InChI is InChI=1S/C14H27NO6Si/c1-5-20-12(16)10-11(13(17)21-6-2)15-8-7-9-22-14(18-3)19-4/h11,14-15H,5-10H2,1-4H3/t11-/m0/s1. The molecule has 0 spiro atoms. The predicted molar refractivity (Wildman–Crippen MR) is 82.7 cm³/mol. The van der Waals surface area contributed by atoms with Crippen LogP contribution in [0.4, 0.5) is 0 Å². The summed E-state index contributed by atoms with van der Waals surface area (Å²) in [7, 11) is 3.74. The summed E-state index contributed by atoms with van der Waals surface area (Å²) >= 11 is 0. The van der Waals surface area contributed by atoms with E-state index in [-0.39, 0.29) is 18.9 Å². The van der Waals surface area contributed by atoms with Crippen LogP contribution >= 0.6 is 0 Å². The third-order valence-electron chi connectivity index (χ3n) is 2.73. The van der Waals surface area contributed by atoms with Gasteiger partial charge in [-0.3, -0.25) is 9.59 Å². The van der Waals surface area contributed by atoms with Gasteiger partial charge in [0.2, 0.25) is 0 Å². The van der Waals surface area contributed by atoms with Crippen molar-refractivity contribution in [2.24, 2.45) is 0 Å². The van der Waals surface area contributed by atoms with Crippen LogP contribution in [0.15, 0.2) is 0 Å². The molecule has 0 bridgehead atoms. The van der Waals surface area contributed by atoms with Gasteiger partial charge >= 0.3 is 11.9 Å². The first kappa shape index (κ1) is 21.0. The summed E-state index contributed by atoms with van der Waals surface area (Å²) in [4.78, 5) is 23.3. The lowest BCUT2D eigenvalue weighted by Gasteiger charge is -2.17. The van der Waals surface area contributed by atoms with E-state index in [1.807, 2.05) is 0 Å². The second-order valence-electron chi connectivity index (χ2n) is 4.38. The van der Waals surface area contributed by atoms with E-state index in [4.69, 9.17) is 18.9 Å². The third-order valence-corrected chi connectivity index (χ3v) is 4.18. The fraction of sp³-hybridized carbons (Fsp3) is 0.857. The van der Waals surface area contributed by atoms with Gasteiger partial charge in [-0.25, -0.2) is 0 Å². The first-order valence-electron chi connectivity index (χ1n) is 7.43. The van der Waals surface area contributed by atoms with Crippen molar-refractivity contribution in [1.29, 1.82) is 0 Å². The van der Waals surface area contributed by atoms with Crippen LogP contribution in [0, 0.1) is 0 Å². The van der Waals surface area contributed by atoms with Crippen LogP contribution in [0.1, 0.15) is 26.7 Å². The molecule has 7 nitrogen and oxygen atoms in total. The van der Waals surface area contributed by atoms with Gasteiger partial charge in [0.05, 0.1) is 19.6 Å². The molecule has 0 aromatic rings. The van der Waals surface area contributed by atoms with E-state index in [1.165, 1.54) is 0 Å². The Kier molecular flexibility index (Phi) is 13.1. The van der Waals surface area contributed by atoms with Gasteiger partial charge in [0.25, 0.3) is 0 Å². The van der Waals surface area contributed by atoms with Crippen molar-refractivity contribution in [1.82, 2.24) is 5.32 Å². The Morgan fingerprint density at radius 1 is 1.09 bits per heavy atom. The van der Waals surface area contributed by atoms with Crippen molar-refractivity contribution in [3.63, 3.8) is 0 Å². The molecule has 0 aromatic heterocycles. The number of hydrogen-bond donors (Lipinski definition) is 1. The normalized spacial score (nSPS) is 12.2. The number of esters is 2. The maximum Gasteiger partial charge on any atom is 0.323 e. The zero-order valence-corrected chi connectivity index (χ0v) is 14.8. The van der Waals surface area contributed by atoms with Crippen LogP contribution in [0.25, 0.3) is 0 Å². The topological polar surface area (TPSA) is 83.1 Å². The van der Waals surface area contributed by atoms with E-state index in [2.05, 4.69) is 5.32 Å². The summed E-state index contributed by atoms with van der Waals surface area (Å²) in [6, 6.07) is 0.247. The number of carbonyl (C=O) groups excluding carboxylic acids is 2. The molecule has 0 heterocycles. The first-order valence-corrected chi connectivity index (χ1v) is 8.72. The van der Waals surface area contributed by atoms with Crippen molar-refractivity contribution in [2.45, 2.75) is 44.7 Å². The highest BCUT2D eigenvalue weighted by atomic mass is 28.2. The number of nitrogens with one attached hydrogen (secondary N) is 1. The molecule has 0 aliphatic carbocycles. The SMILES string of the molecule is CCOC(=O)C[C@H](NCCC[Si]C(OC)OC)C(=O)OCC. The molecule has 1 N–H and O–H groups in total. The Bertz CT molecular complexity index is 312. The molecule has 0 rings (SSSR count). The van der Waals surface area contributed by atoms with Crippen LogP contribution in [-0.2, 0) is 28.5 Å². The molecule has 0 saturated heterocycles. The van der Waals surface area contributed by atoms with Gasteiger partial charge in [-0.05, 0) is 26.8 Å². The van der Waals surface area contributed by atoms with E-state index in [1.54, 1.807) is 28.1 Å². The molecule has 128 valence electrons. The highest BCUT2D eigenvalue weighted by Crippen LogP contribution is 2.01. The van der Waals surface area contributed by atoms with Gasteiger partial charge in [0.1, 0.15) is 21.5 Å². The molecule has 0 saturated carbocycles. The van der Waals surface area contributed by atoms with Crippen molar-refractivity contribution < 1.29 is 28.5 Å². The maximum absolute atomic E-state index is 11.8. The van der Waals surface area contributed by atoms with Crippen LogP contribution in [0.5, 0.6) is 0 Å². The molecule has 0 aliphatic rings. The Hall–Kier alpha value is -0.963. The average Bonchev–Trinajstić information content (AvgIpc) is 2.50. The smallest absolute Gasteiger partial charge is 0.323 e. The van der Waals surface area contributed by atoms with Crippen molar-refractivity contribution in [2.75, 3.05) is 34.0 Å². The average molecular weight is 333 g/mol. The van der Waals surface area contributed by atoms with Gasteiger partial charge in [-0.2, -0.15) is 0 Å². The quantitative estimate of drug-likeness (QED) is 0.228. The Morgan fingerprint density at radius 2 is 1.73 bits per heavy atom. The number of rotatable bonds is 13. The molecule has 2 radical (unpaired) electrons. The molecule has 1 atom stereocenters. The van der Waals surface area contributed by atoms with Crippen molar-refractivity contribution in [3.8, 4) is 0 Å². The molecular weight excluding hydrogens is 306 g/mol. The fourth-order valence-electron chi connectivity index (χ4n) is 1.72. The Morgan fingerprint density at radius 3 is 2.27 bits per heavy atom. The molecule has 0 aliphatic heterocycles. The van der Waals surface area contributed by atoms with Crippen LogP contribution in [-0.4, -0.2) is 67.4 Å². The third kappa shape index (κ3) is 9.88. The lowest BCUT2D eigenvalue weighted by molar-refractivity contribution is -0.152. The molecule has 0 fully saturated rings. The maximum atomic E-state index is 11.8. The summed E-state index contributed by atoms with van der Waals surface area (Å²) in [6.45, 7) is 4.65. The lowest BCUT2D eigenvalue weighted by Crippen LogP contribution is -2.40. The highest BCUT2D eigenvalue weighted by Gasteiger charge is 2.23. The summed E-state index contributed by atoms with van der Waals surface area (Å²) < 4.78 is 20.1. The molecular formula is C14H27NO6Si. The monoisotopic (exact) mass is 333 g/mol. The van der Waals surface area contributed by atoms with E-state index in [0.717, 1.165) is 12.5 Å². The van der Waals surface area contributed by atoms with Gasteiger partial charge in [0, 0.05) is 14.2 Å². The van der Waals surface area contributed by atoms with E-state index in [9.17, 15) is 9.59 Å². The number of carbonyl (C=O) groups is 2. The van der Waals surface area contributed by atoms with Crippen LogP contribution in [0.3, 0.4) is 0 Å². The van der Waals surface area contributed by atoms with Crippen LogP contribution < -0.4 is 5.32 Å². The number of methoxy groups -OCH3 is 2. The Labute approximate surface area is 134 Å². The number of ether oxygens (including phenoxy) is 4. The van der Waals surface area contributed by atoms with Gasteiger partial charge in [0.15, 0.2) is 0 Å². The first-order chi connectivity index (χ1) is 10.6. The minimum atomic E-state index is -0.664. The summed E-state index contributed by atoms with van der Waals surface area (Å²) in [5.41, 5.74) is 0. The van der Waals surface area contributed by atoms with E-state index >= 15 is 0 Å². The highest BCUT2D eigenvalue weighted by molar-refractivity contribution is 6.36. The van der Waals surface area contributed by atoms with Gasteiger partial charge in [-0.15, -0.1) is 0 Å². The van der Waals surface area contributed by atoms with Gasteiger partial charge < -0.3 is 24.3 Å². The molecule has 22 heavy (non-hydrogen) atoms. The summed E-state index contributed by atoms with van der Waals surface area (Å²) in [5.74, 6) is -1.01. The molecule has 0 unspecified atom stereocenters. The van der Waals surface area contributed by atoms with Crippen molar-refractivity contribution in [3.05, 3.63) is 0 Å². The molecule has 0 amide bonds. The second kappa shape index (κ2) is 13.7. The minimum Gasteiger partial charge on any atom is -0.466 e. The zero-order valence-electron chi connectivity index (χ0n) is 13.8. The summed E-state index contributed by atoms with van der Waals surface area (Å²) in [5, 5.41) is 3.05. The number of hydrogen-bond acceptors (Lipinski definition) is 7. The lowest BCUT2D eigenvalue weighted by atomic mass is 10.2. The summed E-state index contributed by atoms with van der Waals surface area (Å²) in [6.07, 6.45) is 0.828. The zero-order chi connectivity index (χ0) is 16.8. The van der Waals surface area contributed by atoms with E-state index in [0.29, 0.717) is 22.7 Å². The minimum absolute atomic E-state index is 0.0201. The molecule has 0 aromatic carbocycles. The predicted octanol–water partition coefficient (Wildman–Crippen LogP) is 0.550. The van der Waals surface area contributed by atoms with Gasteiger partial charge in [-0.1, -0.05) is 6.04 Å². The Balaban J connectivity index is 4.12. The van der Waals surface area contributed by atoms with E-state index < -0.39 is 18.0 Å². The molecule has 8 heteroatoms. The van der Waals surface area contributed by atoms with Crippen LogP contribution in [0.2, 0.25) is 6.04 Å². The van der Waals surface area contributed by atoms with Crippen molar-refractivity contribution >= 4 is 21.5 Å². The largest absolute Gasteiger partial charge is 0.466 e. The second-order valence-corrected chi connectivity index (χ2v) is 5.76. The fourth-order valence-corrected chi connectivity index (χ4v) is 2.67.